The average molecular weight is 412 g/mol. The van der Waals surface area contributed by atoms with Gasteiger partial charge in [-0.2, -0.15) is 0 Å². The lowest BCUT2D eigenvalue weighted by molar-refractivity contribution is 0.115. The normalized spacial score (nSPS) is 13.8. The van der Waals surface area contributed by atoms with E-state index in [1.807, 2.05) is 34.1 Å². The molecule has 1 aliphatic rings. The molecule has 2 amide bonds. The highest BCUT2D eigenvalue weighted by molar-refractivity contribution is 5.93. The SMILES string of the molecule is Cc1ccc(OCCCOCCCCCCN2CCN(c3ccncc3)C2=O)cc1. The van der Waals surface area contributed by atoms with Crippen LogP contribution in [-0.4, -0.2) is 55.4 Å². The third-order valence-electron chi connectivity index (χ3n) is 5.26. The van der Waals surface area contributed by atoms with Gasteiger partial charge >= 0.3 is 6.03 Å². The summed E-state index contributed by atoms with van der Waals surface area (Å²) in [7, 11) is 0. The lowest BCUT2D eigenvalue weighted by atomic mass is 10.2. The van der Waals surface area contributed by atoms with Gasteiger partial charge in [0.15, 0.2) is 0 Å². The Hall–Kier alpha value is -2.60. The zero-order chi connectivity index (χ0) is 21.0. The van der Waals surface area contributed by atoms with E-state index in [2.05, 4.69) is 24.0 Å². The van der Waals surface area contributed by atoms with Crippen molar-refractivity contribution in [3.8, 4) is 5.75 Å². The summed E-state index contributed by atoms with van der Waals surface area (Å²) < 4.78 is 11.4. The second-order valence-electron chi connectivity index (χ2n) is 7.67. The van der Waals surface area contributed by atoms with Crippen molar-refractivity contribution in [3.05, 3.63) is 54.4 Å². The van der Waals surface area contributed by atoms with Crippen molar-refractivity contribution in [1.82, 2.24) is 9.88 Å². The number of anilines is 1. The number of amides is 2. The van der Waals surface area contributed by atoms with Crippen LogP contribution in [0.1, 0.15) is 37.7 Å². The van der Waals surface area contributed by atoms with Gasteiger partial charge in [-0.05, 0) is 44.0 Å². The predicted octanol–water partition coefficient (Wildman–Crippen LogP) is 4.68. The summed E-state index contributed by atoms with van der Waals surface area (Å²) in [5.41, 5.74) is 2.17. The molecule has 30 heavy (non-hydrogen) atoms. The second kappa shape index (κ2) is 12.2. The van der Waals surface area contributed by atoms with Crippen LogP contribution < -0.4 is 9.64 Å². The Kier molecular flexibility index (Phi) is 8.97. The number of carbonyl (C=O) groups is 1. The van der Waals surface area contributed by atoms with E-state index < -0.39 is 0 Å². The molecule has 1 aromatic heterocycles. The summed E-state index contributed by atoms with van der Waals surface area (Å²) in [5, 5.41) is 0. The highest BCUT2D eigenvalue weighted by atomic mass is 16.5. The Balaban J connectivity index is 1.15. The first kappa shape index (κ1) is 22.1. The minimum absolute atomic E-state index is 0.109. The van der Waals surface area contributed by atoms with Crippen LogP contribution in [0.5, 0.6) is 5.75 Å². The van der Waals surface area contributed by atoms with Crippen molar-refractivity contribution in [1.29, 1.82) is 0 Å². The Bertz CT molecular complexity index is 752. The number of hydrogen-bond donors (Lipinski definition) is 0. The molecule has 1 fully saturated rings. The van der Waals surface area contributed by atoms with E-state index in [9.17, 15) is 4.79 Å². The third kappa shape index (κ3) is 7.02. The lowest BCUT2D eigenvalue weighted by Crippen LogP contribution is -2.32. The molecule has 0 spiro atoms. The van der Waals surface area contributed by atoms with E-state index >= 15 is 0 Å². The van der Waals surface area contributed by atoms with Gasteiger partial charge in [-0.3, -0.25) is 9.88 Å². The third-order valence-corrected chi connectivity index (χ3v) is 5.26. The fraction of sp³-hybridized carbons (Fsp3) is 0.500. The minimum atomic E-state index is 0.109. The Morgan fingerprint density at radius 1 is 0.867 bits per heavy atom. The molecule has 0 radical (unpaired) electrons. The summed E-state index contributed by atoms with van der Waals surface area (Å²) >= 11 is 0. The number of hydrogen-bond acceptors (Lipinski definition) is 4. The molecule has 0 bridgehead atoms. The highest BCUT2D eigenvalue weighted by Crippen LogP contribution is 2.19. The smallest absolute Gasteiger partial charge is 0.324 e. The quantitative estimate of drug-likeness (QED) is 0.449. The summed E-state index contributed by atoms with van der Waals surface area (Å²) in [5.74, 6) is 0.918. The maximum atomic E-state index is 12.5. The van der Waals surface area contributed by atoms with Gasteiger partial charge < -0.3 is 14.4 Å². The van der Waals surface area contributed by atoms with Gasteiger partial charge in [0.05, 0.1) is 6.61 Å². The number of urea groups is 1. The molecule has 1 aliphatic heterocycles. The van der Waals surface area contributed by atoms with Crippen molar-refractivity contribution < 1.29 is 14.3 Å². The molecule has 2 aromatic rings. The van der Waals surface area contributed by atoms with Gasteiger partial charge in [-0.1, -0.05) is 30.5 Å². The molecule has 3 rings (SSSR count). The molecule has 6 nitrogen and oxygen atoms in total. The number of nitrogens with zero attached hydrogens (tertiary/aromatic N) is 3. The standard InChI is InChI=1S/C24H33N3O3/c1-21-7-9-23(10-8-21)30-20-6-19-29-18-5-3-2-4-15-26-16-17-27(24(26)28)22-11-13-25-14-12-22/h7-14H,2-6,15-20H2,1H3. The zero-order valence-electron chi connectivity index (χ0n) is 18.0. The molecule has 2 heterocycles. The number of rotatable bonds is 13. The van der Waals surface area contributed by atoms with E-state index in [0.717, 1.165) is 76.4 Å². The van der Waals surface area contributed by atoms with Crippen LogP contribution in [0.3, 0.4) is 0 Å². The molecule has 0 atom stereocenters. The zero-order valence-corrected chi connectivity index (χ0v) is 18.0. The number of aromatic nitrogens is 1. The molecule has 0 unspecified atom stereocenters. The molecule has 0 N–H and O–H groups in total. The van der Waals surface area contributed by atoms with Crippen LogP contribution in [-0.2, 0) is 4.74 Å². The summed E-state index contributed by atoms with van der Waals surface area (Å²) in [6, 6.07) is 12.0. The van der Waals surface area contributed by atoms with Crippen molar-refractivity contribution in [3.63, 3.8) is 0 Å². The maximum Gasteiger partial charge on any atom is 0.324 e. The Morgan fingerprint density at radius 2 is 1.60 bits per heavy atom. The summed E-state index contributed by atoms with van der Waals surface area (Å²) in [6.45, 7) is 6.67. The molecular formula is C24H33N3O3. The van der Waals surface area contributed by atoms with Crippen LogP contribution in [0.25, 0.3) is 0 Å². The first-order valence-corrected chi connectivity index (χ1v) is 11.0. The van der Waals surface area contributed by atoms with E-state index in [1.165, 1.54) is 5.56 Å². The van der Waals surface area contributed by atoms with Gasteiger partial charge in [-0.25, -0.2) is 4.79 Å². The van der Waals surface area contributed by atoms with Crippen molar-refractivity contribution >= 4 is 11.7 Å². The number of pyridine rings is 1. The maximum absolute atomic E-state index is 12.5. The number of aryl methyl sites for hydroxylation is 1. The number of unbranched alkanes of at least 4 members (excludes halogenated alkanes) is 3. The molecule has 6 heteroatoms. The molecule has 0 saturated carbocycles. The van der Waals surface area contributed by atoms with Gasteiger partial charge in [0.25, 0.3) is 0 Å². The minimum Gasteiger partial charge on any atom is -0.494 e. The lowest BCUT2D eigenvalue weighted by Gasteiger charge is -2.18. The van der Waals surface area contributed by atoms with Gasteiger partial charge in [-0.15, -0.1) is 0 Å². The fourth-order valence-corrected chi connectivity index (χ4v) is 3.50. The fourth-order valence-electron chi connectivity index (χ4n) is 3.50. The van der Waals surface area contributed by atoms with E-state index in [4.69, 9.17) is 9.47 Å². The van der Waals surface area contributed by atoms with Gasteiger partial charge in [0.1, 0.15) is 5.75 Å². The van der Waals surface area contributed by atoms with Crippen LogP contribution in [0.2, 0.25) is 0 Å². The van der Waals surface area contributed by atoms with E-state index in [-0.39, 0.29) is 6.03 Å². The van der Waals surface area contributed by atoms with Crippen LogP contribution in [0.15, 0.2) is 48.8 Å². The van der Waals surface area contributed by atoms with Crippen LogP contribution >= 0.6 is 0 Å². The number of ether oxygens (including phenoxy) is 2. The largest absolute Gasteiger partial charge is 0.494 e. The second-order valence-corrected chi connectivity index (χ2v) is 7.67. The highest BCUT2D eigenvalue weighted by Gasteiger charge is 2.28. The predicted molar refractivity (Wildman–Crippen MR) is 119 cm³/mol. The van der Waals surface area contributed by atoms with Crippen molar-refractivity contribution in [2.45, 2.75) is 39.0 Å². The monoisotopic (exact) mass is 411 g/mol. The summed E-state index contributed by atoms with van der Waals surface area (Å²) in [4.78, 5) is 20.3. The topological polar surface area (TPSA) is 54.9 Å². The molecule has 1 saturated heterocycles. The Morgan fingerprint density at radius 3 is 2.40 bits per heavy atom. The van der Waals surface area contributed by atoms with E-state index in [1.54, 1.807) is 12.4 Å². The van der Waals surface area contributed by atoms with Crippen LogP contribution in [0, 0.1) is 6.92 Å². The van der Waals surface area contributed by atoms with Crippen molar-refractivity contribution in [2.24, 2.45) is 0 Å². The van der Waals surface area contributed by atoms with Gasteiger partial charge in [0, 0.05) is 57.3 Å². The average Bonchev–Trinajstić information content (AvgIpc) is 3.14. The van der Waals surface area contributed by atoms with Gasteiger partial charge in [0.2, 0.25) is 0 Å². The molecule has 1 aromatic carbocycles. The molecule has 162 valence electrons. The number of benzene rings is 1. The summed E-state index contributed by atoms with van der Waals surface area (Å²) in [6.07, 6.45) is 8.72. The number of carbonyl (C=O) groups excluding carboxylic acids is 1. The molecular weight excluding hydrogens is 378 g/mol. The first-order chi connectivity index (χ1) is 14.7. The van der Waals surface area contributed by atoms with Crippen molar-refractivity contribution in [2.75, 3.05) is 44.4 Å². The Labute approximate surface area is 179 Å². The first-order valence-electron chi connectivity index (χ1n) is 11.0. The van der Waals surface area contributed by atoms with E-state index in [0.29, 0.717) is 6.61 Å². The van der Waals surface area contributed by atoms with Crippen LogP contribution in [0.4, 0.5) is 10.5 Å². The molecule has 0 aliphatic carbocycles.